The lowest BCUT2D eigenvalue weighted by molar-refractivity contribution is -0.126. The number of thiophene rings is 1. The second kappa shape index (κ2) is 8.51. The van der Waals surface area contributed by atoms with Crippen LogP contribution in [0.4, 0.5) is 0 Å². The summed E-state index contributed by atoms with van der Waals surface area (Å²) in [6.07, 6.45) is 3.89. The number of nitrogens with zero attached hydrogens (tertiary/aromatic N) is 2. The van der Waals surface area contributed by atoms with E-state index < -0.39 is 5.41 Å². The van der Waals surface area contributed by atoms with Gasteiger partial charge in [-0.3, -0.25) is 9.59 Å². The molecule has 5 nitrogen and oxygen atoms in total. The highest BCUT2D eigenvalue weighted by Crippen LogP contribution is 2.43. The van der Waals surface area contributed by atoms with Crippen molar-refractivity contribution in [3.8, 4) is 11.3 Å². The Kier molecular flexibility index (Phi) is 5.83. The predicted molar refractivity (Wildman–Crippen MR) is 116 cm³/mol. The highest BCUT2D eigenvalue weighted by atomic mass is 35.5. The van der Waals surface area contributed by atoms with Crippen LogP contribution in [0.25, 0.3) is 11.3 Å². The number of hydrogen-bond acceptors (Lipinski definition) is 4. The number of amides is 1. The third-order valence-electron chi connectivity index (χ3n) is 5.50. The van der Waals surface area contributed by atoms with E-state index in [1.54, 1.807) is 29.5 Å². The van der Waals surface area contributed by atoms with Gasteiger partial charge in [0.2, 0.25) is 5.91 Å². The number of halogens is 1. The van der Waals surface area contributed by atoms with Crippen molar-refractivity contribution in [1.29, 1.82) is 0 Å². The number of rotatable bonds is 6. The predicted octanol–water partition coefficient (Wildman–Crippen LogP) is 4.25. The molecule has 1 amide bonds. The van der Waals surface area contributed by atoms with E-state index in [0.717, 1.165) is 36.1 Å². The maximum absolute atomic E-state index is 13.0. The molecule has 0 radical (unpaired) electrons. The zero-order valence-electron chi connectivity index (χ0n) is 15.9. The van der Waals surface area contributed by atoms with Gasteiger partial charge in [-0.15, -0.1) is 11.3 Å². The molecule has 2 aromatic heterocycles. The molecule has 0 unspecified atom stereocenters. The SMILES string of the molecule is O=C(NCCn1nc(-c2ccc(Cl)cc2)ccc1=O)C1(c2cccs2)CCCC1. The summed E-state index contributed by atoms with van der Waals surface area (Å²) >= 11 is 7.58. The van der Waals surface area contributed by atoms with Crippen molar-refractivity contribution >= 4 is 28.8 Å². The molecule has 1 aliphatic carbocycles. The average molecular weight is 428 g/mol. The lowest BCUT2D eigenvalue weighted by Gasteiger charge is -2.26. The maximum atomic E-state index is 13.0. The van der Waals surface area contributed by atoms with E-state index in [-0.39, 0.29) is 11.5 Å². The van der Waals surface area contributed by atoms with Gasteiger partial charge in [0.05, 0.1) is 17.7 Å². The van der Waals surface area contributed by atoms with Crippen LogP contribution in [0.2, 0.25) is 5.02 Å². The molecule has 3 aromatic rings. The van der Waals surface area contributed by atoms with Crippen LogP contribution in [0.15, 0.2) is 58.7 Å². The van der Waals surface area contributed by atoms with E-state index >= 15 is 0 Å². The van der Waals surface area contributed by atoms with E-state index in [2.05, 4.69) is 16.5 Å². The molecule has 0 bridgehead atoms. The van der Waals surface area contributed by atoms with Crippen LogP contribution in [0, 0.1) is 0 Å². The molecule has 4 rings (SSSR count). The fourth-order valence-corrected chi connectivity index (χ4v) is 5.05. The van der Waals surface area contributed by atoms with Gasteiger partial charge in [0.1, 0.15) is 0 Å². The second-order valence-electron chi connectivity index (χ2n) is 7.31. The van der Waals surface area contributed by atoms with Crippen LogP contribution in [0.1, 0.15) is 30.6 Å². The van der Waals surface area contributed by atoms with E-state index in [1.807, 2.05) is 23.6 Å². The van der Waals surface area contributed by atoms with Gasteiger partial charge >= 0.3 is 0 Å². The Morgan fingerprint density at radius 2 is 1.90 bits per heavy atom. The van der Waals surface area contributed by atoms with E-state index in [0.29, 0.717) is 23.8 Å². The molecule has 1 aliphatic rings. The number of aromatic nitrogens is 2. The van der Waals surface area contributed by atoms with Crippen LogP contribution >= 0.6 is 22.9 Å². The lowest BCUT2D eigenvalue weighted by atomic mass is 9.83. The molecule has 150 valence electrons. The Balaban J connectivity index is 1.45. The lowest BCUT2D eigenvalue weighted by Crippen LogP contribution is -2.43. The van der Waals surface area contributed by atoms with Crippen molar-refractivity contribution < 1.29 is 4.79 Å². The Hall–Kier alpha value is -2.44. The molecular formula is C22H22ClN3O2S. The number of hydrogen-bond donors (Lipinski definition) is 1. The summed E-state index contributed by atoms with van der Waals surface area (Å²) in [5.41, 5.74) is 0.969. The fraction of sp³-hybridized carbons (Fsp3) is 0.318. The molecule has 0 saturated heterocycles. The van der Waals surface area contributed by atoms with E-state index in [9.17, 15) is 9.59 Å². The third-order valence-corrected chi connectivity index (χ3v) is 6.83. The minimum atomic E-state index is -0.419. The molecule has 7 heteroatoms. The summed E-state index contributed by atoms with van der Waals surface area (Å²) in [4.78, 5) is 26.4. The van der Waals surface area contributed by atoms with Crippen LogP contribution < -0.4 is 10.9 Å². The van der Waals surface area contributed by atoms with Crippen molar-refractivity contribution in [1.82, 2.24) is 15.1 Å². The highest BCUT2D eigenvalue weighted by Gasteiger charge is 2.43. The van der Waals surface area contributed by atoms with Gasteiger partial charge in [-0.1, -0.05) is 42.6 Å². The van der Waals surface area contributed by atoms with Gasteiger partial charge in [0.15, 0.2) is 0 Å². The van der Waals surface area contributed by atoms with Gasteiger partial charge in [0.25, 0.3) is 5.56 Å². The number of nitrogens with one attached hydrogen (secondary N) is 1. The molecule has 0 aliphatic heterocycles. The summed E-state index contributed by atoms with van der Waals surface area (Å²) in [6, 6.07) is 14.6. The Labute approximate surface area is 178 Å². The monoisotopic (exact) mass is 427 g/mol. The Bertz CT molecular complexity index is 1040. The molecule has 0 spiro atoms. The van der Waals surface area contributed by atoms with Gasteiger partial charge in [0, 0.05) is 28.1 Å². The topological polar surface area (TPSA) is 64.0 Å². The summed E-state index contributed by atoms with van der Waals surface area (Å²) in [6.45, 7) is 0.690. The van der Waals surface area contributed by atoms with Crippen LogP contribution in [-0.2, 0) is 16.8 Å². The first kappa shape index (κ1) is 19.9. The average Bonchev–Trinajstić information content (AvgIpc) is 3.42. The van der Waals surface area contributed by atoms with Gasteiger partial charge in [-0.25, -0.2) is 4.68 Å². The van der Waals surface area contributed by atoms with Crippen molar-refractivity contribution in [2.24, 2.45) is 0 Å². The van der Waals surface area contributed by atoms with Crippen LogP contribution in [-0.4, -0.2) is 22.2 Å². The number of benzene rings is 1. The molecule has 2 heterocycles. The van der Waals surface area contributed by atoms with Crippen molar-refractivity contribution in [3.63, 3.8) is 0 Å². The zero-order valence-corrected chi connectivity index (χ0v) is 17.5. The minimum absolute atomic E-state index is 0.0550. The summed E-state index contributed by atoms with van der Waals surface area (Å²) in [5.74, 6) is 0.0550. The molecule has 1 fully saturated rings. The second-order valence-corrected chi connectivity index (χ2v) is 8.69. The summed E-state index contributed by atoms with van der Waals surface area (Å²) in [7, 11) is 0. The van der Waals surface area contributed by atoms with Crippen LogP contribution in [0.5, 0.6) is 0 Å². The molecule has 1 saturated carbocycles. The van der Waals surface area contributed by atoms with Gasteiger partial charge in [-0.2, -0.15) is 5.10 Å². The zero-order chi connectivity index (χ0) is 20.3. The maximum Gasteiger partial charge on any atom is 0.266 e. The molecule has 1 aromatic carbocycles. The first-order valence-corrected chi connectivity index (χ1v) is 11.0. The van der Waals surface area contributed by atoms with Crippen LogP contribution in [0.3, 0.4) is 0 Å². The standard InChI is InChI=1S/C22H22ClN3O2S/c23-17-7-5-16(6-8-17)18-9-10-20(27)26(25-18)14-13-24-21(28)22(11-1-2-12-22)19-4-3-15-29-19/h3-10,15H,1-2,11-14H2,(H,24,28). The quantitative estimate of drug-likeness (QED) is 0.639. The van der Waals surface area contributed by atoms with E-state index in [4.69, 9.17) is 11.6 Å². The number of carbonyl (C=O) groups excluding carboxylic acids is 1. The van der Waals surface area contributed by atoms with E-state index in [1.165, 1.54) is 10.7 Å². The first-order valence-electron chi connectivity index (χ1n) is 9.75. The van der Waals surface area contributed by atoms with Crippen molar-refractivity contribution in [2.45, 2.75) is 37.6 Å². The largest absolute Gasteiger partial charge is 0.353 e. The summed E-state index contributed by atoms with van der Waals surface area (Å²) in [5, 5.41) is 10.2. The third kappa shape index (κ3) is 4.14. The smallest absolute Gasteiger partial charge is 0.266 e. The minimum Gasteiger partial charge on any atom is -0.353 e. The molecule has 29 heavy (non-hydrogen) atoms. The highest BCUT2D eigenvalue weighted by molar-refractivity contribution is 7.10. The first-order chi connectivity index (χ1) is 14.1. The molecular weight excluding hydrogens is 406 g/mol. The molecule has 1 N–H and O–H groups in total. The summed E-state index contributed by atoms with van der Waals surface area (Å²) < 4.78 is 1.40. The molecule has 0 atom stereocenters. The van der Waals surface area contributed by atoms with Gasteiger partial charge < -0.3 is 5.32 Å². The normalized spacial score (nSPS) is 15.3. The van der Waals surface area contributed by atoms with Gasteiger partial charge in [-0.05, 0) is 42.5 Å². The number of carbonyl (C=O) groups is 1. The Morgan fingerprint density at radius 1 is 1.14 bits per heavy atom. The Morgan fingerprint density at radius 3 is 2.59 bits per heavy atom. The van der Waals surface area contributed by atoms with Crippen molar-refractivity contribution in [3.05, 3.63) is 74.2 Å². The fourth-order valence-electron chi connectivity index (χ4n) is 3.94. The van der Waals surface area contributed by atoms with Crippen molar-refractivity contribution in [2.75, 3.05) is 6.54 Å².